The van der Waals surface area contributed by atoms with E-state index in [2.05, 4.69) is 4.90 Å². The van der Waals surface area contributed by atoms with E-state index in [0.29, 0.717) is 12.6 Å². The zero-order chi connectivity index (χ0) is 12.1. The second-order valence-electron chi connectivity index (χ2n) is 5.64. The minimum absolute atomic E-state index is 0.172. The number of likely N-dealkylation sites (tertiary alicyclic amines) is 1. The summed E-state index contributed by atoms with van der Waals surface area (Å²) < 4.78 is 5.53. The zero-order valence-corrected chi connectivity index (χ0v) is 10.7. The van der Waals surface area contributed by atoms with Gasteiger partial charge >= 0.3 is 0 Å². The van der Waals surface area contributed by atoms with Crippen LogP contribution < -0.4 is 5.73 Å². The van der Waals surface area contributed by atoms with Crippen LogP contribution in [0.1, 0.15) is 32.1 Å². The summed E-state index contributed by atoms with van der Waals surface area (Å²) in [7, 11) is 0. The molecule has 0 aromatic rings. The number of piperidine rings is 1. The Morgan fingerprint density at radius 1 is 1.41 bits per heavy atom. The maximum Gasteiger partial charge on any atom is 0.0547 e. The van der Waals surface area contributed by atoms with Crippen molar-refractivity contribution in [3.63, 3.8) is 0 Å². The Labute approximate surface area is 104 Å². The fraction of sp³-hybridized carbons (Fsp3) is 1.00. The number of rotatable bonds is 5. The molecule has 0 spiro atoms. The maximum atomic E-state index is 9.14. The van der Waals surface area contributed by atoms with Gasteiger partial charge in [0.1, 0.15) is 0 Å². The summed E-state index contributed by atoms with van der Waals surface area (Å²) in [5.74, 6) is 0. The quantitative estimate of drug-likeness (QED) is 0.741. The van der Waals surface area contributed by atoms with Gasteiger partial charge in [0, 0.05) is 37.8 Å². The average Bonchev–Trinajstić information content (AvgIpc) is 2.81. The summed E-state index contributed by atoms with van der Waals surface area (Å²) >= 11 is 0. The van der Waals surface area contributed by atoms with Gasteiger partial charge in [0.05, 0.1) is 6.61 Å². The molecule has 2 atom stereocenters. The zero-order valence-electron chi connectivity index (χ0n) is 10.7. The third-order valence-corrected chi connectivity index (χ3v) is 4.37. The first-order valence-electron chi connectivity index (χ1n) is 6.92. The number of nitrogens with zero attached hydrogens (tertiary/aromatic N) is 1. The van der Waals surface area contributed by atoms with Crippen LogP contribution in [0.4, 0.5) is 0 Å². The first-order valence-corrected chi connectivity index (χ1v) is 6.92. The van der Waals surface area contributed by atoms with Gasteiger partial charge in [-0.25, -0.2) is 0 Å². The lowest BCUT2D eigenvalue weighted by molar-refractivity contribution is 0.0591. The van der Waals surface area contributed by atoms with Crippen LogP contribution in [-0.4, -0.2) is 55.5 Å². The van der Waals surface area contributed by atoms with Gasteiger partial charge in [-0.1, -0.05) is 6.42 Å². The molecule has 100 valence electrons. The molecule has 2 aliphatic rings. The highest BCUT2D eigenvalue weighted by molar-refractivity contribution is 4.90. The highest BCUT2D eigenvalue weighted by Gasteiger charge is 2.37. The molecular weight excluding hydrogens is 216 g/mol. The average molecular weight is 242 g/mol. The molecule has 3 N–H and O–H groups in total. The predicted octanol–water partition coefficient (Wildman–Crippen LogP) is 0.589. The minimum atomic E-state index is 0.172. The van der Waals surface area contributed by atoms with Gasteiger partial charge in [-0.15, -0.1) is 0 Å². The monoisotopic (exact) mass is 242 g/mol. The van der Waals surface area contributed by atoms with E-state index in [4.69, 9.17) is 15.6 Å². The Morgan fingerprint density at radius 2 is 2.29 bits per heavy atom. The van der Waals surface area contributed by atoms with Gasteiger partial charge in [-0.3, -0.25) is 4.90 Å². The van der Waals surface area contributed by atoms with Gasteiger partial charge < -0.3 is 15.6 Å². The van der Waals surface area contributed by atoms with Crippen LogP contribution >= 0.6 is 0 Å². The number of ether oxygens (including phenoxy) is 1. The van der Waals surface area contributed by atoms with Crippen LogP contribution in [0.3, 0.4) is 0 Å². The van der Waals surface area contributed by atoms with Crippen molar-refractivity contribution in [1.29, 1.82) is 0 Å². The van der Waals surface area contributed by atoms with E-state index in [1.165, 1.54) is 19.3 Å². The Morgan fingerprint density at radius 3 is 2.94 bits per heavy atom. The van der Waals surface area contributed by atoms with Gasteiger partial charge in [0.15, 0.2) is 0 Å². The lowest BCUT2D eigenvalue weighted by atomic mass is 9.85. The topological polar surface area (TPSA) is 58.7 Å². The molecule has 0 aromatic heterocycles. The van der Waals surface area contributed by atoms with E-state index in [1.54, 1.807) is 0 Å². The molecule has 0 saturated carbocycles. The molecule has 4 heteroatoms. The molecule has 0 radical (unpaired) electrons. The van der Waals surface area contributed by atoms with E-state index < -0.39 is 0 Å². The molecule has 2 saturated heterocycles. The third-order valence-electron chi connectivity index (χ3n) is 4.37. The summed E-state index contributed by atoms with van der Waals surface area (Å²) in [5.41, 5.74) is 6.12. The third kappa shape index (κ3) is 3.19. The van der Waals surface area contributed by atoms with Crippen molar-refractivity contribution in [1.82, 2.24) is 4.90 Å². The van der Waals surface area contributed by atoms with Gasteiger partial charge in [0.25, 0.3) is 0 Å². The second kappa shape index (κ2) is 6.14. The Bertz CT molecular complexity index is 227. The van der Waals surface area contributed by atoms with Crippen LogP contribution in [0.15, 0.2) is 0 Å². The number of hydrogen-bond donors (Lipinski definition) is 2. The summed E-state index contributed by atoms with van der Waals surface area (Å²) in [4.78, 5) is 2.54. The van der Waals surface area contributed by atoms with Crippen molar-refractivity contribution >= 4 is 0 Å². The van der Waals surface area contributed by atoms with Crippen LogP contribution in [-0.2, 0) is 4.74 Å². The molecule has 17 heavy (non-hydrogen) atoms. The molecule has 0 bridgehead atoms. The van der Waals surface area contributed by atoms with Crippen LogP contribution in [0.5, 0.6) is 0 Å². The smallest absolute Gasteiger partial charge is 0.0547 e. The summed E-state index contributed by atoms with van der Waals surface area (Å²) in [6.07, 6.45) is 5.80. The van der Waals surface area contributed by atoms with E-state index >= 15 is 0 Å². The van der Waals surface area contributed by atoms with E-state index in [0.717, 1.165) is 45.7 Å². The standard InChI is InChI=1S/C13H26N2O2/c14-9-13(5-8-17-11-13)10-15-6-2-1-3-12(15)4-7-16/h12,16H,1-11,14H2. The van der Waals surface area contributed by atoms with Crippen molar-refractivity contribution in [2.24, 2.45) is 11.1 Å². The molecule has 0 aliphatic carbocycles. The number of hydrogen-bond acceptors (Lipinski definition) is 4. The number of nitrogens with two attached hydrogens (primary N) is 1. The lowest BCUT2D eigenvalue weighted by Gasteiger charge is -2.41. The normalized spacial score (nSPS) is 35.3. The van der Waals surface area contributed by atoms with Gasteiger partial charge in [0.2, 0.25) is 0 Å². The second-order valence-corrected chi connectivity index (χ2v) is 5.64. The fourth-order valence-corrected chi connectivity index (χ4v) is 3.17. The molecule has 4 nitrogen and oxygen atoms in total. The van der Waals surface area contributed by atoms with Crippen molar-refractivity contribution in [2.75, 3.05) is 39.5 Å². The van der Waals surface area contributed by atoms with E-state index in [9.17, 15) is 0 Å². The van der Waals surface area contributed by atoms with Crippen molar-refractivity contribution in [3.05, 3.63) is 0 Å². The van der Waals surface area contributed by atoms with Crippen molar-refractivity contribution in [3.8, 4) is 0 Å². The van der Waals surface area contributed by atoms with Crippen LogP contribution in [0.25, 0.3) is 0 Å². The Balaban J connectivity index is 1.94. The fourth-order valence-electron chi connectivity index (χ4n) is 3.17. The molecule has 0 aromatic carbocycles. The van der Waals surface area contributed by atoms with E-state index in [1.807, 2.05) is 0 Å². The van der Waals surface area contributed by atoms with E-state index in [-0.39, 0.29) is 5.41 Å². The maximum absolute atomic E-state index is 9.14. The molecule has 2 aliphatic heterocycles. The van der Waals surface area contributed by atoms with Gasteiger partial charge in [-0.05, 0) is 32.2 Å². The molecular formula is C13H26N2O2. The molecule has 2 heterocycles. The van der Waals surface area contributed by atoms with Crippen LogP contribution in [0, 0.1) is 5.41 Å². The largest absolute Gasteiger partial charge is 0.396 e. The highest BCUT2D eigenvalue weighted by Crippen LogP contribution is 2.31. The summed E-state index contributed by atoms with van der Waals surface area (Å²) in [6, 6.07) is 0.553. The minimum Gasteiger partial charge on any atom is -0.396 e. The molecule has 2 unspecified atom stereocenters. The first-order chi connectivity index (χ1) is 8.29. The SMILES string of the molecule is NCC1(CN2CCCCC2CCO)CCOC1. The van der Waals surface area contributed by atoms with Crippen molar-refractivity contribution < 1.29 is 9.84 Å². The summed E-state index contributed by atoms with van der Waals surface area (Å²) in [6.45, 7) is 4.89. The molecule has 2 fully saturated rings. The molecule has 2 rings (SSSR count). The number of aliphatic hydroxyl groups excluding tert-OH is 1. The van der Waals surface area contributed by atoms with Crippen molar-refractivity contribution in [2.45, 2.75) is 38.1 Å². The van der Waals surface area contributed by atoms with Crippen LogP contribution in [0.2, 0.25) is 0 Å². The lowest BCUT2D eigenvalue weighted by Crippen LogP contribution is -2.49. The highest BCUT2D eigenvalue weighted by atomic mass is 16.5. The van der Waals surface area contributed by atoms with Gasteiger partial charge in [-0.2, -0.15) is 0 Å². The first kappa shape index (κ1) is 13.3. The Kier molecular flexibility index (Phi) is 4.79. The Hall–Kier alpha value is -0.160. The predicted molar refractivity (Wildman–Crippen MR) is 67.8 cm³/mol. The number of aliphatic hydroxyl groups is 1. The molecule has 0 amide bonds. The summed E-state index contributed by atoms with van der Waals surface area (Å²) in [5, 5.41) is 9.14.